The van der Waals surface area contributed by atoms with Crippen molar-refractivity contribution in [2.24, 2.45) is 23.7 Å². The molecule has 20 heavy (non-hydrogen) atoms. The minimum absolute atomic E-state index is 0. The van der Waals surface area contributed by atoms with Crippen LogP contribution >= 0.6 is 24.0 Å². The van der Waals surface area contributed by atoms with Crippen LogP contribution in [0.3, 0.4) is 0 Å². The first-order valence-corrected chi connectivity index (χ1v) is 6.94. The fourth-order valence-corrected chi connectivity index (χ4v) is 2.00. The molecule has 5 nitrogen and oxygen atoms in total. The normalized spacial score (nSPS) is 11.6. The van der Waals surface area contributed by atoms with Crippen molar-refractivity contribution in [1.82, 2.24) is 15.1 Å². The van der Waals surface area contributed by atoms with E-state index in [0.717, 1.165) is 31.6 Å². The maximum absolute atomic E-state index is 5.79. The van der Waals surface area contributed by atoms with Gasteiger partial charge in [0.25, 0.3) is 0 Å². The van der Waals surface area contributed by atoms with Crippen molar-refractivity contribution >= 4 is 29.9 Å². The van der Waals surface area contributed by atoms with Gasteiger partial charge in [-0.25, -0.2) is 0 Å². The predicted molar refractivity (Wildman–Crippen MR) is 95.7 cm³/mol. The van der Waals surface area contributed by atoms with Gasteiger partial charge in [0.1, 0.15) is 0 Å². The van der Waals surface area contributed by atoms with E-state index in [0.29, 0.717) is 11.9 Å². The van der Waals surface area contributed by atoms with E-state index >= 15 is 0 Å². The Balaban J connectivity index is 0.00000361. The van der Waals surface area contributed by atoms with Crippen LogP contribution in [0, 0.1) is 19.8 Å². The summed E-state index contributed by atoms with van der Waals surface area (Å²) in [6, 6.07) is 0. The summed E-state index contributed by atoms with van der Waals surface area (Å²) in [5.74, 6) is 1.09. The lowest BCUT2D eigenvalue weighted by molar-refractivity contribution is 0.659. The molecule has 0 aliphatic heterocycles. The largest absolute Gasteiger partial charge is 0.370 e. The number of nitrogens with one attached hydrogen (secondary N) is 1. The quantitative estimate of drug-likeness (QED) is 0.337. The fourth-order valence-electron chi connectivity index (χ4n) is 2.00. The van der Waals surface area contributed by atoms with E-state index in [-0.39, 0.29) is 24.0 Å². The molecular formula is C14H28IN5. The standard InChI is InChI=1S/C14H27N5.HI/c1-10(2)9-17-14(15)16-8-6-7-13-11(3)18-19(5)12(13)4;/h10H,6-9H2,1-5H3,(H3,15,16,17);1H. The van der Waals surface area contributed by atoms with Gasteiger partial charge in [0.05, 0.1) is 5.69 Å². The Hall–Kier alpha value is -0.790. The van der Waals surface area contributed by atoms with Crippen molar-refractivity contribution < 1.29 is 0 Å². The van der Waals surface area contributed by atoms with Crippen LogP contribution in [0.1, 0.15) is 37.2 Å². The van der Waals surface area contributed by atoms with Gasteiger partial charge in [0, 0.05) is 25.8 Å². The second kappa shape index (κ2) is 9.20. The molecule has 0 fully saturated rings. The topological polar surface area (TPSA) is 68.2 Å². The highest BCUT2D eigenvalue weighted by Crippen LogP contribution is 2.13. The summed E-state index contributed by atoms with van der Waals surface area (Å²) in [7, 11) is 1.99. The minimum atomic E-state index is 0. The molecule has 0 unspecified atom stereocenters. The van der Waals surface area contributed by atoms with Crippen molar-refractivity contribution in [2.75, 3.05) is 13.1 Å². The highest BCUT2D eigenvalue weighted by Gasteiger charge is 2.08. The zero-order chi connectivity index (χ0) is 14.4. The first-order valence-electron chi connectivity index (χ1n) is 6.94. The maximum Gasteiger partial charge on any atom is 0.188 e. The van der Waals surface area contributed by atoms with Crippen molar-refractivity contribution in [3.05, 3.63) is 17.0 Å². The Morgan fingerprint density at radius 3 is 2.55 bits per heavy atom. The molecule has 0 amide bonds. The molecule has 116 valence electrons. The van der Waals surface area contributed by atoms with E-state index in [1.165, 1.54) is 11.3 Å². The summed E-state index contributed by atoms with van der Waals surface area (Å²) < 4.78 is 1.94. The summed E-state index contributed by atoms with van der Waals surface area (Å²) in [6.07, 6.45) is 2.06. The maximum atomic E-state index is 5.79. The number of hydrogen-bond acceptors (Lipinski definition) is 2. The van der Waals surface area contributed by atoms with Gasteiger partial charge >= 0.3 is 0 Å². The molecule has 0 bridgehead atoms. The SMILES string of the molecule is Cc1nn(C)c(C)c1CCCNC(N)=NCC(C)C.I. The molecule has 0 saturated heterocycles. The van der Waals surface area contributed by atoms with Crippen LogP contribution in [0.4, 0.5) is 0 Å². The smallest absolute Gasteiger partial charge is 0.188 e. The zero-order valence-electron chi connectivity index (χ0n) is 13.2. The first kappa shape index (κ1) is 19.2. The van der Waals surface area contributed by atoms with Gasteiger partial charge in [-0.15, -0.1) is 24.0 Å². The van der Waals surface area contributed by atoms with Crippen molar-refractivity contribution in [2.45, 2.75) is 40.5 Å². The lowest BCUT2D eigenvalue weighted by Gasteiger charge is -2.07. The van der Waals surface area contributed by atoms with Gasteiger partial charge in [0.2, 0.25) is 0 Å². The summed E-state index contributed by atoms with van der Waals surface area (Å²) in [5.41, 5.74) is 9.51. The molecular weight excluding hydrogens is 365 g/mol. The Labute approximate surface area is 139 Å². The summed E-state index contributed by atoms with van der Waals surface area (Å²) in [4.78, 5) is 4.27. The van der Waals surface area contributed by atoms with Crippen LogP contribution in [-0.4, -0.2) is 28.8 Å². The van der Waals surface area contributed by atoms with Gasteiger partial charge in [-0.3, -0.25) is 9.67 Å². The number of aryl methyl sites for hydroxylation is 2. The van der Waals surface area contributed by atoms with E-state index < -0.39 is 0 Å². The Morgan fingerprint density at radius 1 is 1.40 bits per heavy atom. The van der Waals surface area contributed by atoms with Gasteiger partial charge in [-0.05, 0) is 38.2 Å². The van der Waals surface area contributed by atoms with Gasteiger partial charge in [0.15, 0.2) is 5.96 Å². The highest BCUT2D eigenvalue weighted by molar-refractivity contribution is 14.0. The number of aliphatic imine (C=N–C) groups is 1. The number of guanidine groups is 1. The number of aromatic nitrogens is 2. The van der Waals surface area contributed by atoms with E-state index in [1.807, 2.05) is 11.7 Å². The van der Waals surface area contributed by atoms with E-state index in [2.05, 4.69) is 43.1 Å². The van der Waals surface area contributed by atoms with Crippen LogP contribution < -0.4 is 11.1 Å². The molecule has 0 aliphatic carbocycles. The molecule has 0 saturated carbocycles. The second-order valence-corrected chi connectivity index (χ2v) is 5.42. The van der Waals surface area contributed by atoms with Crippen LogP contribution in [0.2, 0.25) is 0 Å². The monoisotopic (exact) mass is 393 g/mol. The molecule has 3 N–H and O–H groups in total. The summed E-state index contributed by atoms with van der Waals surface area (Å²) in [5, 5.41) is 7.58. The first-order chi connectivity index (χ1) is 8.91. The van der Waals surface area contributed by atoms with Crippen LogP contribution in [0.5, 0.6) is 0 Å². The summed E-state index contributed by atoms with van der Waals surface area (Å²) >= 11 is 0. The molecule has 0 radical (unpaired) electrons. The average Bonchev–Trinajstić information content (AvgIpc) is 2.57. The second-order valence-electron chi connectivity index (χ2n) is 5.42. The third kappa shape index (κ3) is 6.11. The Kier molecular flexibility index (Phi) is 8.84. The number of nitrogens with two attached hydrogens (primary N) is 1. The Bertz CT molecular complexity index is 437. The van der Waals surface area contributed by atoms with Crippen molar-refractivity contribution in [3.63, 3.8) is 0 Å². The minimum Gasteiger partial charge on any atom is -0.370 e. The molecule has 1 rings (SSSR count). The van der Waals surface area contributed by atoms with Gasteiger partial charge in [-0.1, -0.05) is 13.8 Å². The predicted octanol–water partition coefficient (Wildman–Crippen LogP) is 2.15. The van der Waals surface area contributed by atoms with Gasteiger partial charge in [-0.2, -0.15) is 5.10 Å². The zero-order valence-corrected chi connectivity index (χ0v) is 15.6. The summed E-state index contributed by atoms with van der Waals surface area (Å²) in [6.45, 7) is 10.1. The molecule has 0 atom stereocenters. The third-order valence-corrected chi connectivity index (χ3v) is 3.20. The lowest BCUT2D eigenvalue weighted by atomic mass is 10.1. The van der Waals surface area contributed by atoms with Gasteiger partial charge < -0.3 is 11.1 Å². The van der Waals surface area contributed by atoms with Crippen molar-refractivity contribution in [1.29, 1.82) is 0 Å². The van der Waals surface area contributed by atoms with Crippen molar-refractivity contribution in [3.8, 4) is 0 Å². The van der Waals surface area contributed by atoms with Crippen LogP contribution in [0.25, 0.3) is 0 Å². The molecule has 1 aromatic heterocycles. The average molecular weight is 393 g/mol. The lowest BCUT2D eigenvalue weighted by Crippen LogP contribution is -2.33. The number of halogens is 1. The van der Waals surface area contributed by atoms with E-state index in [1.54, 1.807) is 0 Å². The number of nitrogens with zero attached hydrogens (tertiary/aromatic N) is 3. The van der Waals surface area contributed by atoms with Crippen LogP contribution in [0.15, 0.2) is 4.99 Å². The molecule has 0 aliphatic rings. The van der Waals surface area contributed by atoms with E-state index in [9.17, 15) is 0 Å². The number of rotatable bonds is 6. The molecule has 1 heterocycles. The molecule has 0 aromatic carbocycles. The third-order valence-electron chi connectivity index (χ3n) is 3.20. The molecule has 0 spiro atoms. The highest BCUT2D eigenvalue weighted by atomic mass is 127. The fraction of sp³-hybridized carbons (Fsp3) is 0.714. The van der Waals surface area contributed by atoms with E-state index in [4.69, 9.17) is 5.73 Å². The Morgan fingerprint density at radius 2 is 2.05 bits per heavy atom. The van der Waals surface area contributed by atoms with Crippen LogP contribution in [-0.2, 0) is 13.5 Å². The molecule has 1 aromatic rings. The molecule has 6 heteroatoms. The number of hydrogen-bond donors (Lipinski definition) is 2.